The van der Waals surface area contributed by atoms with Crippen LogP contribution in [0.15, 0.2) is 17.0 Å². The van der Waals surface area contributed by atoms with Crippen LogP contribution in [0.3, 0.4) is 0 Å². The number of hydrogen-bond donors (Lipinski definition) is 2. The lowest BCUT2D eigenvalue weighted by Gasteiger charge is -2.21. The highest BCUT2D eigenvalue weighted by Crippen LogP contribution is 2.24. The molecule has 0 spiro atoms. The SMILES string of the molecule is CCN(CC(=O)NC)S(=O)(=O)c1cc(N)cc(F)c1C. The zero-order valence-corrected chi connectivity index (χ0v) is 12.4. The number of benzene rings is 1. The fourth-order valence-corrected chi connectivity index (χ4v) is 3.36. The zero-order valence-electron chi connectivity index (χ0n) is 11.6. The number of sulfonamides is 1. The third kappa shape index (κ3) is 3.26. The van der Waals surface area contributed by atoms with Crippen LogP contribution in [-0.4, -0.2) is 38.8 Å². The Kier molecular flexibility index (Phi) is 5.07. The van der Waals surface area contributed by atoms with Crippen molar-refractivity contribution in [3.63, 3.8) is 0 Å². The molecule has 0 fully saturated rings. The second-order valence-electron chi connectivity index (χ2n) is 4.23. The largest absolute Gasteiger partial charge is 0.399 e. The maximum atomic E-state index is 13.6. The van der Waals surface area contributed by atoms with Gasteiger partial charge in [0.15, 0.2) is 0 Å². The van der Waals surface area contributed by atoms with Gasteiger partial charge in [-0.1, -0.05) is 6.92 Å². The number of likely N-dealkylation sites (N-methyl/N-ethyl adjacent to an activating group) is 2. The van der Waals surface area contributed by atoms with E-state index in [1.165, 1.54) is 20.0 Å². The van der Waals surface area contributed by atoms with Gasteiger partial charge in [0.25, 0.3) is 0 Å². The van der Waals surface area contributed by atoms with E-state index in [4.69, 9.17) is 5.73 Å². The fraction of sp³-hybridized carbons (Fsp3) is 0.417. The highest BCUT2D eigenvalue weighted by molar-refractivity contribution is 7.89. The first-order chi connectivity index (χ1) is 9.23. The van der Waals surface area contributed by atoms with Crippen LogP contribution in [0.2, 0.25) is 0 Å². The number of amides is 1. The van der Waals surface area contributed by atoms with E-state index in [0.29, 0.717) is 0 Å². The summed E-state index contributed by atoms with van der Waals surface area (Å²) in [5, 5.41) is 2.35. The summed E-state index contributed by atoms with van der Waals surface area (Å²) >= 11 is 0. The monoisotopic (exact) mass is 303 g/mol. The van der Waals surface area contributed by atoms with E-state index in [0.717, 1.165) is 10.4 Å². The molecule has 1 amide bonds. The van der Waals surface area contributed by atoms with E-state index in [-0.39, 0.29) is 29.2 Å². The molecule has 1 aromatic carbocycles. The van der Waals surface area contributed by atoms with Crippen LogP contribution in [0, 0.1) is 12.7 Å². The molecule has 0 aromatic heterocycles. The third-order valence-electron chi connectivity index (χ3n) is 2.89. The first kappa shape index (κ1) is 16.4. The number of carbonyl (C=O) groups excluding carboxylic acids is 1. The molecule has 0 unspecified atom stereocenters. The number of nitrogen functional groups attached to an aromatic ring is 1. The second-order valence-corrected chi connectivity index (χ2v) is 6.14. The van der Waals surface area contributed by atoms with E-state index in [1.807, 2.05) is 0 Å². The van der Waals surface area contributed by atoms with Crippen LogP contribution in [0.5, 0.6) is 0 Å². The summed E-state index contributed by atoms with van der Waals surface area (Å²) in [5.41, 5.74) is 5.49. The normalized spacial score (nSPS) is 11.7. The Morgan fingerprint density at radius 1 is 1.45 bits per heavy atom. The Hall–Kier alpha value is -1.67. The number of nitrogens with one attached hydrogen (secondary N) is 1. The lowest BCUT2D eigenvalue weighted by molar-refractivity contribution is -0.120. The molecule has 0 atom stereocenters. The molecular formula is C12H18FN3O3S. The Bertz CT molecular complexity index is 617. The van der Waals surface area contributed by atoms with Crippen LogP contribution in [0.25, 0.3) is 0 Å². The first-order valence-corrected chi connectivity index (χ1v) is 7.44. The third-order valence-corrected chi connectivity index (χ3v) is 4.94. The van der Waals surface area contributed by atoms with Gasteiger partial charge in [0.05, 0.1) is 11.4 Å². The molecule has 0 saturated heterocycles. The molecular weight excluding hydrogens is 285 g/mol. The molecule has 0 saturated carbocycles. The van der Waals surface area contributed by atoms with Crippen LogP contribution in [0.4, 0.5) is 10.1 Å². The molecule has 0 radical (unpaired) electrons. The summed E-state index contributed by atoms with van der Waals surface area (Å²) in [6, 6.07) is 2.25. The zero-order chi connectivity index (χ0) is 15.5. The van der Waals surface area contributed by atoms with Gasteiger partial charge >= 0.3 is 0 Å². The first-order valence-electron chi connectivity index (χ1n) is 6.00. The van der Waals surface area contributed by atoms with Crippen molar-refractivity contribution in [2.45, 2.75) is 18.7 Å². The molecule has 112 valence electrons. The summed E-state index contributed by atoms with van der Waals surface area (Å²) in [6.45, 7) is 2.71. The highest BCUT2D eigenvalue weighted by Gasteiger charge is 2.28. The van der Waals surface area contributed by atoms with Crippen molar-refractivity contribution in [3.8, 4) is 0 Å². The van der Waals surface area contributed by atoms with E-state index >= 15 is 0 Å². The van der Waals surface area contributed by atoms with Crippen LogP contribution < -0.4 is 11.1 Å². The van der Waals surface area contributed by atoms with Crippen molar-refractivity contribution in [2.24, 2.45) is 0 Å². The average Bonchev–Trinajstić information content (AvgIpc) is 2.39. The Labute approximate surface area is 117 Å². The Morgan fingerprint density at radius 2 is 2.05 bits per heavy atom. The average molecular weight is 303 g/mol. The van der Waals surface area contributed by atoms with Gasteiger partial charge in [-0.2, -0.15) is 4.31 Å². The molecule has 1 rings (SSSR count). The second kappa shape index (κ2) is 6.19. The number of carbonyl (C=O) groups is 1. The minimum atomic E-state index is -3.98. The number of halogens is 1. The Morgan fingerprint density at radius 3 is 2.55 bits per heavy atom. The van der Waals surface area contributed by atoms with Crippen molar-refractivity contribution >= 4 is 21.6 Å². The quantitative estimate of drug-likeness (QED) is 0.774. The van der Waals surface area contributed by atoms with Crippen LogP contribution in [0.1, 0.15) is 12.5 Å². The molecule has 8 heteroatoms. The molecule has 6 nitrogen and oxygen atoms in total. The van der Waals surface area contributed by atoms with Crippen molar-refractivity contribution in [3.05, 3.63) is 23.5 Å². The molecule has 1 aromatic rings. The number of hydrogen-bond acceptors (Lipinski definition) is 4. The van der Waals surface area contributed by atoms with Gasteiger partial charge in [-0.25, -0.2) is 12.8 Å². The molecule has 3 N–H and O–H groups in total. The molecule has 0 bridgehead atoms. The lowest BCUT2D eigenvalue weighted by atomic mass is 10.2. The summed E-state index contributed by atoms with van der Waals surface area (Å²) in [4.78, 5) is 11.1. The minimum absolute atomic E-state index is 0.0164. The summed E-state index contributed by atoms with van der Waals surface area (Å²) in [7, 11) is -2.57. The number of nitrogens with zero attached hydrogens (tertiary/aromatic N) is 1. The van der Waals surface area contributed by atoms with Crippen LogP contribution in [-0.2, 0) is 14.8 Å². The standard InChI is InChI=1S/C12H18FN3O3S/c1-4-16(7-12(17)15-3)20(18,19)11-6-9(14)5-10(13)8(11)2/h5-6H,4,7,14H2,1-3H3,(H,15,17). The maximum Gasteiger partial charge on any atom is 0.243 e. The summed E-state index contributed by atoms with van der Waals surface area (Å²) in [6.07, 6.45) is 0. The van der Waals surface area contributed by atoms with E-state index in [1.54, 1.807) is 6.92 Å². The van der Waals surface area contributed by atoms with Gasteiger partial charge in [-0.3, -0.25) is 4.79 Å². The minimum Gasteiger partial charge on any atom is -0.399 e. The Balaban J connectivity index is 3.31. The van der Waals surface area contributed by atoms with E-state index in [2.05, 4.69) is 5.32 Å². The van der Waals surface area contributed by atoms with Crippen molar-refractivity contribution < 1.29 is 17.6 Å². The number of rotatable bonds is 5. The van der Waals surface area contributed by atoms with Gasteiger partial charge in [-0.05, 0) is 19.1 Å². The van der Waals surface area contributed by atoms with Gasteiger partial charge < -0.3 is 11.1 Å². The topological polar surface area (TPSA) is 92.5 Å². The predicted molar refractivity (Wildman–Crippen MR) is 74.0 cm³/mol. The maximum absolute atomic E-state index is 13.6. The fourth-order valence-electron chi connectivity index (χ4n) is 1.69. The lowest BCUT2D eigenvalue weighted by Crippen LogP contribution is -2.39. The molecule has 0 aliphatic carbocycles. The number of anilines is 1. The molecule has 0 aliphatic heterocycles. The van der Waals surface area contributed by atoms with Gasteiger partial charge in [0.1, 0.15) is 5.82 Å². The highest BCUT2D eigenvalue weighted by atomic mass is 32.2. The summed E-state index contributed by atoms with van der Waals surface area (Å²) < 4.78 is 39.5. The predicted octanol–water partition coefficient (Wildman–Crippen LogP) is 0.473. The van der Waals surface area contributed by atoms with Crippen molar-refractivity contribution in [1.82, 2.24) is 9.62 Å². The molecule has 0 aliphatic rings. The van der Waals surface area contributed by atoms with E-state index < -0.39 is 21.7 Å². The van der Waals surface area contributed by atoms with Crippen LogP contribution >= 0.6 is 0 Å². The van der Waals surface area contributed by atoms with Crippen molar-refractivity contribution in [1.29, 1.82) is 0 Å². The molecule has 0 heterocycles. The van der Waals surface area contributed by atoms with Gasteiger partial charge in [0, 0.05) is 24.8 Å². The van der Waals surface area contributed by atoms with Gasteiger partial charge in [0.2, 0.25) is 15.9 Å². The number of nitrogens with two attached hydrogens (primary N) is 1. The summed E-state index contributed by atoms with van der Waals surface area (Å²) in [5.74, 6) is -1.14. The smallest absolute Gasteiger partial charge is 0.243 e. The van der Waals surface area contributed by atoms with Crippen molar-refractivity contribution in [2.75, 3.05) is 25.9 Å². The molecule has 20 heavy (non-hydrogen) atoms. The van der Waals surface area contributed by atoms with Gasteiger partial charge in [-0.15, -0.1) is 0 Å². The van der Waals surface area contributed by atoms with E-state index in [9.17, 15) is 17.6 Å².